The van der Waals surface area contributed by atoms with E-state index in [1.54, 1.807) is 60.3 Å². The molecule has 0 saturated heterocycles. The van der Waals surface area contributed by atoms with Crippen molar-refractivity contribution in [1.29, 1.82) is 0 Å². The molecule has 0 fully saturated rings. The summed E-state index contributed by atoms with van der Waals surface area (Å²) >= 11 is 5.80. The highest BCUT2D eigenvalue weighted by Gasteiger charge is 2.24. The number of benzene rings is 1. The second-order valence-corrected chi connectivity index (χ2v) is 4.89. The second kappa shape index (κ2) is 5.84. The molecule has 5 heteroatoms. The molecule has 2 aromatic rings. The summed E-state index contributed by atoms with van der Waals surface area (Å²) in [6.07, 6.45) is 3.30. The summed E-state index contributed by atoms with van der Waals surface area (Å²) < 4.78 is 1.66. The Morgan fingerprint density at radius 2 is 1.80 bits per heavy atom. The molecule has 0 unspecified atom stereocenters. The van der Waals surface area contributed by atoms with Crippen LogP contribution in [0.15, 0.2) is 48.8 Å². The van der Waals surface area contributed by atoms with Crippen molar-refractivity contribution >= 4 is 23.3 Å². The van der Waals surface area contributed by atoms with Crippen molar-refractivity contribution in [2.75, 3.05) is 0 Å². The number of hydrogen-bond donors (Lipinski definition) is 1. The van der Waals surface area contributed by atoms with Gasteiger partial charge in [-0.15, -0.1) is 0 Å². The highest BCUT2D eigenvalue weighted by atomic mass is 35.5. The smallest absolute Gasteiger partial charge is 0.254 e. The maximum Gasteiger partial charge on any atom is 0.254 e. The Hall–Kier alpha value is -2.20. The number of nitrogens with zero attached hydrogens (tertiary/aromatic N) is 1. The van der Waals surface area contributed by atoms with E-state index in [0.29, 0.717) is 16.1 Å². The van der Waals surface area contributed by atoms with E-state index in [9.17, 15) is 9.59 Å². The van der Waals surface area contributed by atoms with Gasteiger partial charge < -0.3 is 5.73 Å². The molecule has 1 aromatic carbocycles. The Labute approximate surface area is 121 Å². The molecular formula is C15H14ClN2O2+. The molecule has 0 aliphatic heterocycles. The monoisotopic (exact) mass is 289 g/mol. The van der Waals surface area contributed by atoms with Gasteiger partial charge >= 0.3 is 0 Å². The van der Waals surface area contributed by atoms with Gasteiger partial charge in [-0.25, -0.2) is 0 Å². The van der Waals surface area contributed by atoms with Gasteiger partial charge in [0.25, 0.3) is 5.91 Å². The van der Waals surface area contributed by atoms with E-state index in [2.05, 4.69) is 0 Å². The molecule has 102 valence electrons. The van der Waals surface area contributed by atoms with E-state index >= 15 is 0 Å². The number of pyridine rings is 1. The standard InChI is InChI=1S/C15H13ClN2O2/c1-10(14(19)11-4-6-13(16)7-5-11)18-8-2-3-12(9-18)15(17)20/h2-10H,1H3,(H-,17,20)/p+1/t10-/m1/s1. The fourth-order valence-electron chi connectivity index (χ4n) is 1.87. The van der Waals surface area contributed by atoms with Crippen LogP contribution in [0.4, 0.5) is 0 Å². The van der Waals surface area contributed by atoms with Crippen LogP contribution in [0.3, 0.4) is 0 Å². The normalized spacial score (nSPS) is 11.9. The van der Waals surface area contributed by atoms with Crippen LogP contribution >= 0.6 is 11.6 Å². The lowest BCUT2D eigenvalue weighted by Gasteiger charge is -2.07. The Kier molecular flexibility index (Phi) is 4.15. The lowest BCUT2D eigenvalue weighted by Crippen LogP contribution is -2.42. The third-order valence-electron chi connectivity index (χ3n) is 3.06. The van der Waals surface area contributed by atoms with Gasteiger partial charge in [-0.3, -0.25) is 9.59 Å². The molecule has 0 aliphatic carbocycles. The van der Waals surface area contributed by atoms with E-state index in [1.807, 2.05) is 0 Å². The molecule has 0 spiro atoms. The van der Waals surface area contributed by atoms with Gasteiger partial charge in [0.15, 0.2) is 12.4 Å². The van der Waals surface area contributed by atoms with Gasteiger partial charge in [-0.1, -0.05) is 11.6 Å². The van der Waals surface area contributed by atoms with Crippen LogP contribution in [-0.4, -0.2) is 11.7 Å². The van der Waals surface area contributed by atoms with Gasteiger partial charge in [-0.2, -0.15) is 4.57 Å². The van der Waals surface area contributed by atoms with Gasteiger partial charge in [0.05, 0.1) is 0 Å². The molecule has 1 amide bonds. The number of nitrogens with two attached hydrogens (primary N) is 1. The lowest BCUT2D eigenvalue weighted by molar-refractivity contribution is -0.704. The maximum absolute atomic E-state index is 12.4. The molecular weight excluding hydrogens is 276 g/mol. The van der Waals surface area contributed by atoms with Crippen molar-refractivity contribution in [3.63, 3.8) is 0 Å². The molecule has 1 heterocycles. The fourth-order valence-corrected chi connectivity index (χ4v) is 2.00. The first-order chi connectivity index (χ1) is 9.49. The van der Waals surface area contributed by atoms with Crippen LogP contribution in [0, 0.1) is 0 Å². The largest absolute Gasteiger partial charge is 0.365 e. The number of carbonyl (C=O) groups excluding carboxylic acids is 2. The minimum atomic E-state index is -0.523. The number of primary amides is 1. The minimum absolute atomic E-state index is 0.0618. The van der Waals surface area contributed by atoms with Gasteiger partial charge in [0.2, 0.25) is 11.8 Å². The molecule has 0 radical (unpaired) electrons. The van der Waals surface area contributed by atoms with E-state index in [0.717, 1.165) is 0 Å². The van der Waals surface area contributed by atoms with Crippen molar-refractivity contribution < 1.29 is 14.2 Å². The first-order valence-electron chi connectivity index (χ1n) is 6.09. The lowest BCUT2D eigenvalue weighted by atomic mass is 10.1. The second-order valence-electron chi connectivity index (χ2n) is 4.45. The van der Waals surface area contributed by atoms with Crippen LogP contribution in [0.1, 0.15) is 33.7 Å². The molecule has 20 heavy (non-hydrogen) atoms. The molecule has 1 atom stereocenters. The predicted octanol–water partition coefficient (Wildman–Crippen LogP) is 2.17. The number of rotatable bonds is 4. The zero-order chi connectivity index (χ0) is 14.7. The quantitative estimate of drug-likeness (QED) is 0.692. The van der Waals surface area contributed by atoms with Crippen molar-refractivity contribution in [2.45, 2.75) is 13.0 Å². The molecule has 2 N–H and O–H groups in total. The summed E-state index contributed by atoms with van der Waals surface area (Å²) in [5, 5.41) is 0.581. The van der Waals surface area contributed by atoms with E-state index < -0.39 is 11.9 Å². The number of hydrogen-bond acceptors (Lipinski definition) is 2. The summed E-state index contributed by atoms with van der Waals surface area (Å²) in [7, 11) is 0. The van der Waals surface area contributed by atoms with Crippen LogP contribution in [0.2, 0.25) is 5.02 Å². The Morgan fingerprint density at radius 1 is 1.15 bits per heavy atom. The first-order valence-corrected chi connectivity index (χ1v) is 6.47. The van der Waals surface area contributed by atoms with Crippen molar-refractivity contribution in [2.24, 2.45) is 5.73 Å². The maximum atomic E-state index is 12.4. The first kappa shape index (κ1) is 14.2. The van der Waals surface area contributed by atoms with Crippen molar-refractivity contribution in [1.82, 2.24) is 0 Å². The minimum Gasteiger partial charge on any atom is -0.365 e. The number of carbonyl (C=O) groups is 2. The summed E-state index contributed by atoms with van der Waals surface area (Å²) in [4.78, 5) is 23.5. The molecule has 0 saturated carbocycles. The van der Waals surface area contributed by atoms with Gasteiger partial charge in [0, 0.05) is 23.6 Å². The topological polar surface area (TPSA) is 64.0 Å². The van der Waals surface area contributed by atoms with Gasteiger partial charge in [-0.05, 0) is 30.3 Å². The van der Waals surface area contributed by atoms with Gasteiger partial charge in [0.1, 0.15) is 5.56 Å². The highest BCUT2D eigenvalue weighted by Crippen LogP contribution is 2.13. The summed E-state index contributed by atoms with van der Waals surface area (Å²) in [6.45, 7) is 1.77. The predicted molar refractivity (Wildman–Crippen MR) is 75.6 cm³/mol. The SMILES string of the molecule is C[C@H](C(=O)c1ccc(Cl)cc1)[n+]1cccc(C(N)=O)c1. The zero-order valence-corrected chi connectivity index (χ0v) is 11.7. The average molecular weight is 290 g/mol. The summed E-state index contributed by atoms with van der Waals surface area (Å²) in [5.74, 6) is -0.584. The molecule has 0 bridgehead atoms. The Bertz CT molecular complexity index is 653. The van der Waals surface area contributed by atoms with E-state index in [4.69, 9.17) is 17.3 Å². The third kappa shape index (κ3) is 3.03. The molecule has 1 aromatic heterocycles. The summed E-state index contributed by atoms with van der Waals surface area (Å²) in [5.41, 5.74) is 6.17. The fraction of sp³-hybridized carbons (Fsp3) is 0.133. The number of halogens is 1. The Balaban J connectivity index is 2.28. The number of Topliss-reactive ketones (excluding diaryl/α,β-unsaturated/α-hetero) is 1. The number of ketones is 1. The highest BCUT2D eigenvalue weighted by molar-refractivity contribution is 6.30. The zero-order valence-electron chi connectivity index (χ0n) is 10.9. The number of aromatic nitrogens is 1. The third-order valence-corrected chi connectivity index (χ3v) is 3.31. The van der Waals surface area contributed by atoms with Crippen LogP contribution in [-0.2, 0) is 0 Å². The Morgan fingerprint density at radius 3 is 2.40 bits per heavy atom. The van der Waals surface area contributed by atoms with Crippen LogP contribution in [0.5, 0.6) is 0 Å². The average Bonchev–Trinajstić information content (AvgIpc) is 2.46. The molecule has 2 rings (SSSR count). The molecule has 4 nitrogen and oxygen atoms in total. The number of amides is 1. The van der Waals surface area contributed by atoms with Crippen LogP contribution in [0.25, 0.3) is 0 Å². The summed E-state index contributed by atoms with van der Waals surface area (Å²) in [6, 6.07) is 9.57. The van der Waals surface area contributed by atoms with Crippen molar-refractivity contribution in [3.05, 3.63) is 64.9 Å². The molecule has 0 aliphatic rings. The van der Waals surface area contributed by atoms with E-state index in [1.165, 1.54) is 0 Å². The van der Waals surface area contributed by atoms with Crippen LogP contribution < -0.4 is 10.3 Å². The van der Waals surface area contributed by atoms with E-state index in [-0.39, 0.29) is 5.78 Å². The van der Waals surface area contributed by atoms with Crippen molar-refractivity contribution in [3.8, 4) is 0 Å².